The smallest absolute Gasteiger partial charge is 0.217 e. The number of anilines is 1. The highest BCUT2D eigenvalue weighted by Crippen LogP contribution is 2.16. The van der Waals surface area contributed by atoms with Crippen molar-refractivity contribution in [2.45, 2.75) is 26.3 Å². The van der Waals surface area contributed by atoms with Gasteiger partial charge in [0.15, 0.2) is 0 Å². The third-order valence-corrected chi connectivity index (χ3v) is 5.00. The fourth-order valence-corrected chi connectivity index (χ4v) is 3.43. The van der Waals surface area contributed by atoms with Crippen molar-refractivity contribution in [3.63, 3.8) is 0 Å². The van der Waals surface area contributed by atoms with Crippen LogP contribution in [0.3, 0.4) is 0 Å². The summed E-state index contributed by atoms with van der Waals surface area (Å²) in [4.78, 5) is 16.0. The lowest BCUT2D eigenvalue weighted by molar-refractivity contribution is -0.119. The Kier molecular flexibility index (Phi) is 6.67. The molecule has 26 heavy (non-hydrogen) atoms. The molecule has 3 rings (SSSR count). The zero-order chi connectivity index (χ0) is 18.2. The Morgan fingerprint density at radius 1 is 0.923 bits per heavy atom. The maximum atomic E-state index is 11.0. The molecular weight excluding hydrogens is 322 g/mol. The molecule has 1 fully saturated rings. The summed E-state index contributed by atoms with van der Waals surface area (Å²) >= 11 is 0. The summed E-state index contributed by atoms with van der Waals surface area (Å²) in [5, 5.41) is 2.83. The van der Waals surface area contributed by atoms with E-state index in [9.17, 15) is 4.79 Å². The van der Waals surface area contributed by atoms with Crippen LogP contribution in [0.4, 0.5) is 5.69 Å². The van der Waals surface area contributed by atoms with Gasteiger partial charge in [-0.2, -0.15) is 0 Å². The van der Waals surface area contributed by atoms with Gasteiger partial charge in [-0.3, -0.25) is 9.69 Å². The topological polar surface area (TPSA) is 35.6 Å². The molecule has 0 aromatic heterocycles. The molecule has 0 radical (unpaired) electrons. The number of carbonyl (C=O) groups is 1. The molecule has 0 aliphatic carbocycles. The van der Waals surface area contributed by atoms with Gasteiger partial charge >= 0.3 is 0 Å². The number of hydrogen-bond donors (Lipinski definition) is 1. The van der Waals surface area contributed by atoms with Crippen LogP contribution >= 0.6 is 0 Å². The van der Waals surface area contributed by atoms with Crippen molar-refractivity contribution < 1.29 is 4.79 Å². The van der Waals surface area contributed by atoms with Gasteiger partial charge in [0, 0.05) is 45.3 Å². The first-order chi connectivity index (χ1) is 12.7. The largest absolute Gasteiger partial charge is 0.369 e. The second kappa shape index (κ2) is 9.39. The monoisotopic (exact) mass is 351 g/mol. The first-order valence-electron chi connectivity index (χ1n) is 9.55. The van der Waals surface area contributed by atoms with Crippen LogP contribution in [0.5, 0.6) is 0 Å². The van der Waals surface area contributed by atoms with Gasteiger partial charge in [-0.25, -0.2) is 0 Å². The van der Waals surface area contributed by atoms with Crippen molar-refractivity contribution >= 4 is 11.6 Å². The summed E-state index contributed by atoms with van der Waals surface area (Å²) in [5.74, 6) is 0.0152. The molecular formula is C22H29N3O. The van der Waals surface area contributed by atoms with E-state index >= 15 is 0 Å². The Morgan fingerprint density at radius 2 is 1.58 bits per heavy atom. The van der Waals surface area contributed by atoms with Gasteiger partial charge in [-0.1, -0.05) is 42.5 Å². The summed E-state index contributed by atoms with van der Waals surface area (Å²) < 4.78 is 0. The molecule has 0 spiro atoms. The highest BCUT2D eigenvalue weighted by atomic mass is 16.1. The predicted octanol–water partition coefficient (Wildman–Crippen LogP) is 3.08. The number of hydrogen-bond acceptors (Lipinski definition) is 3. The minimum Gasteiger partial charge on any atom is -0.369 e. The Hall–Kier alpha value is -2.33. The number of piperazine rings is 1. The fraction of sp³-hybridized carbons (Fsp3) is 0.409. The molecule has 1 aliphatic heterocycles. The van der Waals surface area contributed by atoms with E-state index in [4.69, 9.17) is 0 Å². The van der Waals surface area contributed by atoms with Gasteiger partial charge in [-0.15, -0.1) is 0 Å². The van der Waals surface area contributed by atoms with E-state index in [2.05, 4.69) is 69.7 Å². The first kappa shape index (κ1) is 18.5. The number of nitrogens with one attached hydrogen (secondary N) is 1. The van der Waals surface area contributed by atoms with Crippen molar-refractivity contribution in [1.82, 2.24) is 10.2 Å². The quantitative estimate of drug-likeness (QED) is 0.833. The van der Waals surface area contributed by atoms with E-state index in [0.29, 0.717) is 6.54 Å². The molecule has 2 aromatic rings. The van der Waals surface area contributed by atoms with Gasteiger partial charge in [0.1, 0.15) is 0 Å². The average Bonchev–Trinajstić information content (AvgIpc) is 2.68. The molecule has 0 bridgehead atoms. The Balaban J connectivity index is 1.36. The number of benzene rings is 2. The van der Waals surface area contributed by atoms with E-state index in [0.717, 1.165) is 44.7 Å². The van der Waals surface area contributed by atoms with Crippen LogP contribution in [0, 0.1) is 0 Å². The minimum atomic E-state index is 0.0152. The Bertz CT molecular complexity index is 676. The maximum Gasteiger partial charge on any atom is 0.217 e. The molecule has 4 heteroatoms. The highest BCUT2D eigenvalue weighted by molar-refractivity contribution is 5.72. The number of nitrogens with zero attached hydrogens (tertiary/aromatic N) is 2. The van der Waals surface area contributed by atoms with Gasteiger partial charge in [0.05, 0.1) is 0 Å². The van der Waals surface area contributed by atoms with Crippen LogP contribution in [0.2, 0.25) is 0 Å². The number of carbonyl (C=O) groups excluding carboxylic acids is 1. The second-order valence-corrected chi connectivity index (χ2v) is 6.99. The predicted molar refractivity (Wildman–Crippen MR) is 107 cm³/mol. The molecule has 1 heterocycles. The Morgan fingerprint density at radius 3 is 2.23 bits per heavy atom. The van der Waals surface area contributed by atoms with E-state index in [-0.39, 0.29) is 5.91 Å². The SMILES string of the molecule is CC(=O)NCc1ccc(CCCN2CCN(c3ccccc3)CC2)cc1. The molecule has 4 nitrogen and oxygen atoms in total. The lowest BCUT2D eigenvalue weighted by atomic mass is 10.1. The van der Waals surface area contributed by atoms with Crippen molar-refractivity contribution in [3.8, 4) is 0 Å². The third-order valence-electron chi connectivity index (χ3n) is 5.00. The van der Waals surface area contributed by atoms with Crippen LogP contribution in [0.15, 0.2) is 54.6 Å². The number of amides is 1. The zero-order valence-electron chi connectivity index (χ0n) is 15.7. The molecule has 1 saturated heterocycles. The van der Waals surface area contributed by atoms with Crippen LogP contribution < -0.4 is 10.2 Å². The van der Waals surface area contributed by atoms with E-state index in [1.165, 1.54) is 17.7 Å². The zero-order valence-corrected chi connectivity index (χ0v) is 15.7. The lowest BCUT2D eigenvalue weighted by Gasteiger charge is -2.36. The standard InChI is InChI=1S/C22H29N3O/c1-19(26)23-18-21-11-9-20(10-12-21)6-5-13-24-14-16-25(17-15-24)22-7-3-2-4-8-22/h2-4,7-12H,5-6,13-18H2,1H3,(H,23,26). The van der Waals surface area contributed by atoms with Gasteiger partial charge in [0.25, 0.3) is 0 Å². The van der Waals surface area contributed by atoms with Crippen molar-refractivity contribution in [3.05, 3.63) is 65.7 Å². The highest BCUT2D eigenvalue weighted by Gasteiger charge is 2.16. The summed E-state index contributed by atoms with van der Waals surface area (Å²) in [6.07, 6.45) is 2.30. The van der Waals surface area contributed by atoms with Crippen LogP contribution in [-0.2, 0) is 17.8 Å². The molecule has 0 unspecified atom stereocenters. The summed E-state index contributed by atoms with van der Waals surface area (Å²) in [5.41, 5.74) is 3.87. The maximum absolute atomic E-state index is 11.0. The van der Waals surface area contributed by atoms with Gasteiger partial charge in [-0.05, 0) is 42.6 Å². The molecule has 138 valence electrons. The van der Waals surface area contributed by atoms with E-state index in [1.807, 2.05) is 0 Å². The third kappa shape index (κ3) is 5.60. The van der Waals surface area contributed by atoms with Crippen LogP contribution in [0.25, 0.3) is 0 Å². The van der Waals surface area contributed by atoms with Crippen molar-refractivity contribution in [2.24, 2.45) is 0 Å². The summed E-state index contributed by atoms with van der Waals surface area (Å²) in [6.45, 7) is 7.84. The van der Waals surface area contributed by atoms with Crippen LogP contribution in [0.1, 0.15) is 24.5 Å². The van der Waals surface area contributed by atoms with Crippen LogP contribution in [-0.4, -0.2) is 43.5 Å². The average molecular weight is 351 g/mol. The lowest BCUT2D eigenvalue weighted by Crippen LogP contribution is -2.46. The molecule has 0 saturated carbocycles. The van der Waals surface area contributed by atoms with E-state index < -0.39 is 0 Å². The number of aryl methyl sites for hydroxylation is 1. The molecule has 1 amide bonds. The van der Waals surface area contributed by atoms with Crippen molar-refractivity contribution in [1.29, 1.82) is 0 Å². The first-order valence-corrected chi connectivity index (χ1v) is 9.55. The molecule has 1 aliphatic rings. The molecule has 2 aromatic carbocycles. The number of rotatable bonds is 7. The second-order valence-electron chi connectivity index (χ2n) is 6.99. The number of para-hydroxylation sites is 1. The van der Waals surface area contributed by atoms with Crippen molar-refractivity contribution in [2.75, 3.05) is 37.6 Å². The molecule has 1 N–H and O–H groups in total. The summed E-state index contributed by atoms with van der Waals surface area (Å²) in [6, 6.07) is 19.3. The molecule has 0 atom stereocenters. The van der Waals surface area contributed by atoms with Gasteiger partial charge in [0.2, 0.25) is 5.91 Å². The van der Waals surface area contributed by atoms with Gasteiger partial charge < -0.3 is 10.2 Å². The Labute approximate surface area is 156 Å². The fourth-order valence-electron chi connectivity index (χ4n) is 3.43. The normalized spacial score (nSPS) is 15.0. The minimum absolute atomic E-state index is 0.0152. The van der Waals surface area contributed by atoms with E-state index in [1.54, 1.807) is 6.92 Å². The summed E-state index contributed by atoms with van der Waals surface area (Å²) in [7, 11) is 0.